The molecule has 18 heavy (non-hydrogen) atoms. The predicted octanol–water partition coefficient (Wildman–Crippen LogP) is 3.18. The highest BCUT2D eigenvalue weighted by atomic mass is 19.1. The Morgan fingerprint density at radius 2 is 2.28 bits per heavy atom. The van der Waals surface area contributed by atoms with Gasteiger partial charge in [-0.15, -0.1) is 0 Å². The van der Waals surface area contributed by atoms with E-state index in [0.717, 1.165) is 13.0 Å². The van der Waals surface area contributed by atoms with Gasteiger partial charge in [-0.1, -0.05) is 0 Å². The lowest BCUT2D eigenvalue weighted by molar-refractivity contribution is 0.0928. The number of halogens is 1. The Morgan fingerprint density at radius 1 is 1.39 bits per heavy atom. The first kappa shape index (κ1) is 11.4. The van der Waals surface area contributed by atoms with Gasteiger partial charge in [-0.25, -0.2) is 4.39 Å². The number of carbonyl (C=O) groups excluding carboxylic acids is 1. The number of Topliss-reactive ketones (excluding diaryl/α,β-unsaturated/α-hetero) is 1. The van der Waals surface area contributed by atoms with Gasteiger partial charge in [0.15, 0.2) is 11.5 Å². The molecule has 94 valence electrons. The molecule has 0 aliphatic carbocycles. The van der Waals surface area contributed by atoms with Gasteiger partial charge < -0.3 is 9.15 Å². The molecular formula is C14H13FO3. The molecule has 2 heterocycles. The fourth-order valence-corrected chi connectivity index (χ4v) is 2.26. The summed E-state index contributed by atoms with van der Waals surface area (Å²) >= 11 is 0. The number of hydrogen-bond donors (Lipinski definition) is 0. The van der Waals surface area contributed by atoms with Gasteiger partial charge >= 0.3 is 0 Å². The molecule has 3 nitrogen and oxygen atoms in total. The Balaban J connectivity index is 1.82. The summed E-state index contributed by atoms with van der Waals surface area (Å²) in [6, 6.07) is 5.84. The Hall–Kier alpha value is -1.68. The molecule has 1 unspecified atom stereocenters. The molecule has 4 heteroatoms. The van der Waals surface area contributed by atoms with Crippen LogP contribution in [0.5, 0.6) is 0 Å². The minimum absolute atomic E-state index is 0.0397. The largest absolute Gasteiger partial charge is 0.453 e. The van der Waals surface area contributed by atoms with Gasteiger partial charge in [0.1, 0.15) is 11.4 Å². The topological polar surface area (TPSA) is 39.4 Å². The molecule has 2 aromatic rings. The maximum absolute atomic E-state index is 13.0. The zero-order valence-corrected chi connectivity index (χ0v) is 9.82. The van der Waals surface area contributed by atoms with Crippen LogP contribution in [0.3, 0.4) is 0 Å². The normalized spacial score (nSPS) is 19.5. The summed E-state index contributed by atoms with van der Waals surface area (Å²) in [5.41, 5.74) is 0.544. The van der Waals surface area contributed by atoms with Crippen molar-refractivity contribution in [1.29, 1.82) is 0 Å². The standard InChI is InChI=1S/C14H13FO3/c15-11-1-2-13-10(6-11)7-14(18-13)12(16)5-9-3-4-17-8-9/h1-2,6-7,9H,3-5,8H2. The van der Waals surface area contributed by atoms with Crippen molar-refractivity contribution in [2.45, 2.75) is 12.8 Å². The summed E-state index contributed by atoms with van der Waals surface area (Å²) in [6.07, 6.45) is 1.35. The summed E-state index contributed by atoms with van der Waals surface area (Å²) < 4.78 is 23.7. The first-order chi connectivity index (χ1) is 8.72. The monoisotopic (exact) mass is 248 g/mol. The first-order valence-corrected chi connectivity index (χ1v) is 6.02. The highest BCUT2D eigenvalue weighted by Gasteiger charge is 2.22. The molecule has 1 aliphatic rings. The van der Waals surface area contributed by atoms with E-state index in [0.29, 0.717) is 29.8 Å². The molecule has 0 amide bonds. The zero-order chi connectivity index (χ0) is 12.5. The second kappa shape index (κ2) is 4.53. The Bertz CT molecular complexity index is 582. The van der Waals surface area contributed by atoms with Gasteiger partial charge in [0.2, 0.25) is 0 Å². The Morgan fingerprint density at radius 3 is 3.06 bits per heavy atom. The van der Waals surface area contributed by atoms with Crippen LogP contribution in [0, 0.1) is 11.7 Å². The number of fused-ring (bicyclic) bond motifs is 1. The van der Waals surface area contributed by atoms with Crippen LogP contribution in [0.25, 0.3) is 11.0 Å². The lowest BCUT2D eigenvalue weighted by Gasteiger charge is -2.03. The smallest absolute Gasteiger partial charge is 0.198 e. The third-order valence-electron chi connectivity index (χ3n) is 3.25. The summed E-state index contributed by atoms with van der Waals surface area (Å²) in [4.78, 5) is 12.0. The predicted molar refractivity (Wildman–Crippen MR) is 64.0 cm³/mol. The van der Waals surface area contributed by atoms with Crippen LogP contribution >= 0.6 is 0 Å². The Labute approximate surface area is 104 Å². The molecule has 1 atom stereocenters. The molecule has 1 fully saturated rings. The van der Waals surface area contributed by atoms with E-state index < -0.39 is 0 Å². The second-order valence-corrected chi connectivity index (χ2v) is 4.65. The van der Waals surface area contributed by atoms with Gasteiger partial charge in [-0.2, -0.15) is 0 Å². The van der Waals surface area contributed by atoms with Crippen molar-refractivity contribution in [2.75, 3.05) is 13.2 Å². The van der Waals surface area contributed by atoms with E-state index in [1.165, 1.54) is 12.1 Å². The van der Waals surface area contributed by atoms with Gasteiger partial charge in [0.05, 0.1) is 0 Å². The van der Waals surface area contributed by atoms with E-state index in [1.54, 1.807) is 12.1 Å². The molecule has 1 aromatic heterocycles. The average Bonchev–Trinajstić information content (AvgIpc) is 2.96. The van der Waals surface area contributed by atoms with Crippen molar-refractivity contribution in [1.82, 2.24) is 0 Å². The van der Waals surface area contributed by atoms with Gasteiger partial charge in [0, 0.05) is 25.0 Å². The number of benzene rings is 1. The molecule has 1 aromatic carbocycles. The van der Waals surface area contributed by atoms with Crippen molar-refractivity contribution in [2.24, 2.45) is 5.92 Å². The van der Waals surface area contributed by atoms with E-state index in [2.05, 4.69) is 0 Å². The molecule has 1 saturated heterocycles. The molecule has 0 radical (unpaired) electrons. The van der Waals surface area contributed by atoms with Crippen molar-refractivity contribution in [3.05, 3.63) is 35.8 Å². The number of rotatable bonds is 3. The minimum atomic E-state index is -0.327. The van der Waals surface area contributed by atoms with Crippen LogP contribution in [0.1, 0.15) is 23.4 Å². The molecular weight excluding hydrogens is 235 g/mol. The SMILES string of the molecule is O=C(CC1CCOC1)c1cc2cc(F)ccc2o1. The van der Waals surface area contributed by atoms with Crippen LogP contribution in [0.15, 0.2) is 28.7 Å². The quantitative estimate of drug-likeness (QED) is 0.783. The molecule has 0 N–H and O–H groups in total. The summed E-state index contributed by atoms with van der Waals surface area (Å²) in [5.74, 6) is 0.221. The van der Waals surface area contributed by atoms with Gasteiger partial charge in [-0.05, 0) is 36.6 Å². The molecule has 0 spiro atoms. The van der Waals surface area contributed by atoms with E-state index in [1.807, 2.05) is 0 Å². The summed E-state index contributed by atoms with van der Waals surface area (Å²) in [5, 5.41) is 0.626. The number of carbonyl (C=O) groups is 1. The molecule has 0 saturated carbocycles. The zero-order valence-electron chi connectivity index (χ0n) is 9.82. The van der Waals surface area contributed by atoms with Gasteiger partial charge in [0.25, 0.3) is 0 Å². The first-order valence-electron chi connectivity index (χ1n) is 6.02. The van der Waals surface area contributed by atoms with E-state index >= 15 is 0 Å². The van der Waals surface area contributed by atoms with Crippen molar-refractivity contribution >= 4 is 16.8 Å². The fraction of sp³-hybridized carbons (Fsp3) is 0.357. The third-order valence-corrected chi connectivity index (χ3v) is 3.25. The fourth-order valence-electron chi connectivity index (χ4n) is 2.26. The average molecular weight is 248 g/mol. The van der Waals surface area contributed by atoms with Crippen LogP contribution in [-0.2, 0) is 4.74 Å². The highest BCUT2D eigenvalue weighted by molar-refractivity contribution is 5.97. The molecule has 1 aliphatic heterocycles. The van der Waals surface area contributed by atoms with E-state index in [4.69, 9.17) is 9.15 Å². The van der Waals surface area contributed by atoms with Crippen molar-refractivity contribution < 1.29 is 18.3 Å². The van der Waals surface area contributed by atoms with Crippen LogP contribution in [-0.4, -0.2) is 19.0 Å². The number of ether oxygens (including phenoxy) is 1. The van der Waals surface area contributed by atoms with Crippen molar-refractivity contribution in [3.8, 4) is 0 Å². The summed E-state index contributed by atoms with van der Waals surface area (Å²) in [7, 11) is 0. The van der Waals surface area contributed by atoms with E-state index in [-0.39, 0.29) is 17.5 Å². The van der Waals surface area contributed by atoms with Crippen LogP contribution in [0.2, 0.25) is 0 Å². The number of furan rings is 1. The minimum Gasteiger partial charge on any atom is -0.453 e. The van der Waals surface area contributed by atoms with Crippen LogP contribution < -0.4 is 0 Å². The highest BCUT2D eigenvalue weighted by Crippen LogP contribution is 2.24. The number of ketones is 1. The van der Waals surface area contributed by atoms with Gasteiger partial charge in [-0.3, -0.25) is 4.79 Å². The number of hydrogen-bond acceptors (Lipinski definition) is 3. The molecule has 3 rings (SSSR count). The lowest BCUT2D eigenvalue weighted by atomic mass is 10.0. The maximum atomic E-state index is 13.0. The molecule has 0 bridgehead atoms. The Kier molecular flexibility index (Phi) is 2.88. The third kappa shape index (κ3) is 2.16. The summed E-state index contributed by atoms with van der Waals surface area (Å²) in [6.45, 7) is 1.36. The van der Waals surface area contributed by atoms with Crippen LogP contribution in [0.4, 0.5) is 4.39 Å². The lowest BCUT2D eigenvalue weighted by Crippen LogP contribution is -2.07. The maximum Gasteiger partial charge on any atom is 0.198 e. The van der Waals surface area contributed by atoms with Crippen molar-refractivity contribution in [3.63, 3.8) is 0 Å². The second-order valence-electron chi connectivity index (χ2n) is 4.65. The van der Waals surface area contributed by atoms with E-state index in [9.17, 15) is 9.18 Å².